The van der Waals surface area contributed by atoms with Crippen LogP contribution in [-0.4, -0.2) is 67.3 Å². The van der Waals surface area contributed by atoms with Crippen LogP contribution < -0.4 is 14.4 Å². The molecule has 0 amide bonds. The van der Waals surface area contributed by atoms with Crippen LogP contribution in [0.5, 0.6) is 11.5 Å². The van der Waals surface area contributed by atoms with Crippen LogP contribution >= 0.6 is 0 Å². The molecular formula is C24H29FN4O3. The molecule has 170 valence electrons. The van der Waals surface area contributed by atoms with Crippen LogP contribution in [0.2, 0.25) is 0 Å². The number of hydrogen-bond acceptors (Lipinski definition) is 6. The maximum absolute atomic E-state index is 13.4. The van der Waals surface area contributed by atoms with Gasteiger partial charge in [-0.3, -0.25) is 14.8 Å². The summed E-state index contributed by atoms with van der Waals surface area (Å²) in [5, 5.41) is 8.29. The molecule has 0 radical (unpaired) electrons. The van der Waals surface area contributed by atoms with Crippen LogP contribution in [0.15, 0.2) is 36.4 Å². The van der Waals surface area contributed by atoms with E-state index in [1.807, 2.05) is 0 Å². The van der Waals surface area contributed by atoms with Gasteiger partial charge in [-0.2, -0.15) is 5.10 Å². The molecule has 1 aromatic heterocycles. The number of piperazine rings is 1. The van der Waals surface area contributed by atoms with Crippen molar-refractivity contribution in [2.24, 2.45) is 5.92 Å². The number of carbonyl (C=O) groups excluding carboxylic acids is 1. The van der Waals surface area contributed by atoms with Gasteiger partial charge >= 0.3 is 0 Å². The molecule has 1 aliphatic heterocycles. The Labute approximate surface area is 187 Å². The zero-order valence-corrected chi connectivity index (χ0v) is 18.7. The highest BCUT2D eigenvalue weighted by atomic mass is 19.1. The summed E-state index contributed by atoms with van der Waals surface area (Å²) < 4.78 is 24.8. The van der Waals surface area contributed by atoms with Gasteiger partial charge in [-0.05, 0) is 43.3 Å². The molecule has 2 aromatic carbocycles. The van der Waals surface area contributed by atoms with Gasteiger partial charge in [0.15, 0.2) is 23.1 Å². The Morgan fingerprint density at radius 2 is 1.94 bits per heavy atom. The van der Waals surface area contributed by atoms with Gasteiger partial charge in [-0.15, -0.1) is 0 Å². The van der Waals surface area contributed by atoms with Crippen LogP contribution in [0, 0.1) is 11.7 Å². The quantitative estimate of drug-likeness (QED) is 0.538. The van der Waals surface area contributed by atoms with E-state index < -0.39 is 0 Å². The zero-order chi connectivity index (χ0) is 22.7. The smallest absolute Gasteiger partial charge is 0.161 e. The van der Waals surface area contributed by atoms with Crippen molar-refractivity contribution in [3.8, 4) is 11.5 Å². The summed E-state index contributed by atoms with van der Waals surface area (Å²) in [6, 6.07) is 10.0. The molecule has 4 rings (SSSR count). The topological polar surface area (TPSA) is 70.7 Å². The van der Waals surface area contributed by atoms with Gasteiger partial charge in [-0.25, -0.2) is 4.39 Å². The lowest BCUT2D eigenvalue weighted by atomic mass is 10.1. The molecule has 1 saturated heterocycles. The lowest BCUT2D eigenvalue weighted by Crippen LogP contribution is -2.48. The van der Waals surface area contributed by atoms with Gasteiger partial charge in [0.25, 0.3) is 0 Å². The largest absolute Gasteiger partial charge is 0.493 e. The third-order valence-corrected chi connectivity index (χ3v) is 5.84. The Kier molecular flexibility index (Phi) is 6.60. The standard InChI is InChI=1S/C24H29FN4O3/c1-16(15-32-22-7-4-18(17(2)30)12-23(22)31-3)14-28-8-10-29(11-9-28)24-20-6-5-19(25)13-21(20)26-27-24/h4-7,12-13,16H,8-11,14-15H2,1-3H3,(H,26,27)/t16-/m0/s1. The molecule has 32 heavy (non-hydrogen) atoms. The summed E-state index contributed by atoms with van der Waals surface area (Å²) in [5.74, 6) is 2.17. The van der Waals surface area contributed by atoms with E-state index in [-0.39, 0.29) is 11.6 Å². The number of rotatable bonds is 8. The predicted molar refractivity (Wildman–Crippen MR) is 122 cm³/mol. The summed E-state index contributed by atoms with van der Waals surface area (Å²) in [7, 11) is 1.58. The van der Waals surface area contributed by atoms with Gasteiger partial charge in [0.2, 0.25) is 0 Å². The second kappa shape index (κ2) is 9.56. The van der Waals surface area contributed by atoms with Gasteiger partial charge in [0, 0.05) is 49.6 Å². The number of fused-ring (bicyclic) bond motifs is 1. The number of aromatic amines is 1. The van der Waals surface area contributed by atoms with Crippen molar-refractivity contribution in [3.05, 3.63) is 47.8 Å². The molecule has 1 fully saturated rings. The van der Waals surface area contributed by atoms with E-state index in [1.165, 1.54) is 19.1 Å². The van der Waals surface area contributed by atoms with Crippen molar-refractivity contribution >= 4 is 22.5 Å². The van der Waals surface area contributed by atoms with Crippen LogP contribution in [0.25, 0.3) is 10.9 Å². The number of Topliss-reactive ketones (excluding diaryl/α,β-unsaturated/α-hetero) is 1. The minimum absolute atomic E-state index is 0.00244. The first-order valence-electron chi connectivity index (χ1n) is 10.9. The summed E-state index contributed by atoms with van der Waals surface area (Å²) in [5.41, 5.74) is 1.33. The molecule has 1 aliphatic rings. The number of ether oxygens (including phenoxy) is 2. The lowest BCUT2D eigenvalue weighted by molar-refractivity contribution is 0.101. The Balaban J connectivity index is 1.28. The SMILES string of the molecule is COc1cc(C(C)=O)ccc1OC[C@@H](C)CN1CCN(c2n[nH]c3cc(F)ccc23)CC1. The molecular weight excluding hydrogens is 411 g/mol. The maximum Gasteiger partial charge on any atom is 0.161 e. The molecule has 8 heteroatoms. The average Bonchev–Trinajstić information content (AvgIpc) is 3.21. The normalized spacial score (nSPS) is 15.7. The zero-order valence-electron chi connectivity index (χ0n) is 18.7. The van der Waals surface area contributed by atoms with Gasteiger partial charge in [-0.1, -0.05) is 6.92 Å². The summed E-state index contributed by atoms with van der Waals surface area (Å²) >= 11 is 0. The highest BCUT2D eigenvalue weighted by molar-refractivity contribution is 5.94. The summed E-state index contributed by atoms with van der Waals surface area (Å²) in [4.78, 5) is 16.2. The average molecular weight is 441 g/mol. The number of nitrogens with zero attached hydrogens (tertiary/aromatic N) is 3. The Morgan fingerprint density at radius 1 is 1.16 bits per heavy atom. The Morgan fingerprint density at radius 3 is 2.66 bits per heavy atom. The number of halogens is 1. The molecule has 0 spiro atoms. The number of benzene rings is 2. The van der Waals surface area contributed by atoms with Crippen molar-refractivity contribution < 1.29 is 18.7 Å². The number of H-pyrrole nitrogens is 1. The molecule has 7 nitrogen and oxygen atoms in total. The Bertz CT molecular complexity index is 1090. The van der Waals surface area contributed by atoms with Crippen molar-refractivity contribution in [2.75, 3.05) is 51.3 Å². The minimum Gasteiger partial charge on any atom is -0.493 e. The van der Waals surface area contributed by atoms with Gasteiger partial charge in [0.05, 0.1) is 19.2 Å². The second-order valence-electron chi connectivity index (χ2n) is 8.36. The van der Waals surface area contributed by atoms with E-state index in [1.54, 1.807) is 31.4 Å². The van der Waals surface area contributed by atoms with Crippen molar-refractivity contribution in [3.63, 3.8) is 0 Å². The van der Waals surface area contributed by atoms with Gasteiger partial charge < -0.3 is 14.4 Å². The van der Waals surface area contributed by atoms with Crippen LogP contribution in [0.1, 0.15) is 24.2 Å². The molecule has 2 heterocycles. The molecule has 1 N–H and O–H groups in total. The summed E-state index contributed by atoms with van der Waals surface area (Å²) in [6.07, 6.45) is 0. The molecule has 3 aromatic rings. The molecule has 0 aliphatic carbocycles. The lowest BCUT2D eigenvalue weighted by Gasteiger charge is -2.36. The maximum atomic E-state index is 13.4. The minimum atomic E-state index is -0.263. The van der Waals surface area contributed by atoms with E-state index >= 15 is 0 Å². The van der Waals surface area contributed by atoms with Crippen molar-refractivity contribution in [1.82, 2.24) is 15.1 Å². The molecule has 1 atom stereocenters. The predicted octanol–water partition coefficient (Wildman–Crippen LogP) is 3.75. The fourth-order valence-corrected chi connectivity index (χ4v) is 4.09. The number of anilines is 1. The van der Waals surface area contributed by atoms with E-state index in [0.29, 0.717) is 29.6 Å². The number of aromatic nitrogens is 2. The van der Waals surface area contributed by atoms with E-state index in [9.17, 15) is 9.18 Å². The van der Waals surface area contributed by atoms with Crippen LogP contribution in [0.3, 0.4) is 0 Å². The Hall–Kier alpha value is -3.13. The van der Waals surface area contributed by atoms with E-state index in [0.717, 1.165) is 49.4 Å². The van der Waals surface area contributed by atoms with Crippen LogP contribution in [-0.2, 0) is 0 Å². The van der Waals surface area contributed by atoms with E-state index in [4.69, 9.17) is 9.47 Å². The van der Waals surface area contributed by atoms with Crippen molar-refractivity contribution in [2.45, 2.75) is 13.8 Å². The first kappa shape index (κ1) is 22.1. The second-order valence-corrected chi connectivity index (χ2v) is 8.36. The highest BCUT2D eigenvalue weighted by Crippen LogP contribution is 2.29. The van der Waals surface area contributed by atoms with E-state index in [2.05, 4.69) is 26.9 Å². The van der Waals surface area contributed by atoms with Crippen LogP contribution in [0.4, 0.5) is 10.2 Å². The first-order chi connectivity index (χ1) is 15.4. The molecule has 0 bridgehead atoms. The fraction of sp³-hybridized carbons (Fsp3) is 0.417. The third-order valence-electron chi connectivity index (χ3n) is 5.84. The number of carbonyl (C=O) groups is 1. The number of methoxy groups -OCH3 is 1. The van der Waals surface area contributed by atoms with Gasteiger partial charge in [0.1, 0.15) is 5.82 Å². The number of hydrogen-bond donors (Lipinski definition) is 1. The number of ketones is 1. The highest BCUT2D eigenvalue weighted by Gasteiger charge is 2.22. The first-order valence-corrected chi connectivity index (χ1v) is 10.9. The molecule has 0 unspecified atom stereocenters. The third kappa shape index (κ3) is 4.85. The fourth-order valence-electron chi connectivity index (χ4n) is 4.09. The summed E-state index contributed by atoms with van der Waals surface area (Å²) in [6.45, 7) is 8.77. The van der Waals surface area contributed by atoms with Crippen molar-refractivity contribution in [1.29, 1.82) is 0 Å². The number of nitrogens with one attached hydrogen (secondary N) is 1. The monoisotopic (exact) mass is 440 g/mol. The molecule has 0 saturated carbocycles.